The number of halogens is 6. The van der Waals surface area contributed by atoms with Crippen molar-refractivity contribution in [1.82, 2.24) is 9.97 Å². The van der Waals surface area contributed by atoms with E-state index >= 15 is 0 Å². The van der Waals surface area contributed by atoms with Crippen molar-refractivity contribution in [2.24, 2.45) is 0 Å². The van der Waals surface area contributed by atoms with Gasteiger partial charge in [-0.1, -0.05) is 6.07 Å². The highest BCUT2D eigenvalue weighted by Gasteiger charge is 2.38. The first-order chi connectivity index (χ1) is 9.09. The Morgan fingerprint density at radius 1 is 1.00 bits per heavy atom. The Labute approximate surface area is 109 Å². The van der Waals surface area contributed by atoms with Crippen molar-refractivity contribution < 1.29 is 26.3 Å². The lowest BCUT2D eigenvalue weighted by molar-refractivity contribution is -0.142. The van der Waals surface area contributed by atoms with Gasteiger partial charge in [-0.3, -0.25) is 0 Å². The van der Waals surface area contributed by atoms with Gasteiger partial charge >= 0.3 is 12.4 Å². The second-order valence-electron chi connectivity index (χ2n) is 4.17. The first kappa shape index (κ1) is 14.4. The summed E-state index contributed by atoms with van der Waals surface area (Å²) in [5, 5.41) is 0. The normalized spacial score (nSPS) is 12.8. The zero-order valence-corrected chi connectivity index (χ0v) is 10.0. The minimum Gasteiger partial charge on any atom is -0.342 e. The summed E-state index contributed by atoms with van der Waals surface area (Å²) in [6.07, 6.45) is -8.44. The summed E-state index contributed by atoms with van der Waals surface area (Å²) in [5.74, 6) is -0.122. The molecule has 0 aliphatic rings. The molecule has 108 valence electrons. The summed E-state index contributed by atoms with van der Waals surface area (Å²) >= 11 is 0. The molecule has 0 radical (unpaired) electrons. The molecule has 20 heavy (non-hydrogen) atoms. The Balaban J connectivity index is 2.64. The maximum atomic E-state index is 12.9. The smallest absolute Gasteiger partial charge is 0.342 e. The molecule has 0 saturated heterocycles. The molecule has 1 aromatic carbocycles. The standard InChI is InChI=1S/C12H8F6N2/c1-6-5-19-10(20-6)8-3-2-7(11(13,14)15)4-9(8)12(16,17)18/h2-5H,1H3,(H,19,20). The van der Waals surface area contributed by atoms with Crippen LogP contribution in [0.15, 0.2) is 24.4 Å². The molecule has 0 atom stereocenters. The van der Waals surface area contributed by atoms with E-state index in [1.807, 2.05) is 0 Å². The largest absolute Gasteiger partial charge is 0.417 e. The molecule has 0 spiro atoms. The molecular formula is C12H8F6N2. The van der Waals surface area contributed by atoms with Crippen LogP contribution in [-0.4, -0.2) is 9.97 Å². The zero-order valence-electron chi connectivity index (χ0n) is 10.0. The number of benzene rings is 1. The van der Waals surface area contributed by atoms with E-state index < -0.39 is 29.0 Å². The lowest BCUT2D eigenvalue weighted by atomic mass is 10.0. The Morgan fingerprint density at radius 2 is 1.65 bits per heavy atom. The predicted molar refractivity (Wildman–Crippen MR) is 58.8 cm³/mol. The predicted octanol–water partition coefficient (Wildman–Crippen LogP) is 4.42. The molecule has 1 heterocycles. The Bertz CT molecular complexity index is 624. The molecule has 1 aromatic heterocycles. The number of hydrogen-bond acceptors (Lipinski definition) is 1. The van der Waals surface area contributed by atoms with E-state index in [0.717, 1.165) is 6.07 Å². The van der Waals surface area contributed by atoms with Gasteiger partial charge in [0.05, 0.1) is 11.1 Å². The van der Waals surface area contributed by atoms with E-state index in [1.54, 1.807) is 6.92 Å². The number of aryl methyl sites for hydroxylation is 1. The van der Waals surface area contributed by atoms with Gasteiger partial charge in [-0.25, -0.2) is 4.98 Å². The molecule has 8 heteroatoms. The molecule has 1 N–H and O–H groups in total. The summed E-state index contributed by atoms with van der Waals surface area (Å²) in [6.45, 7) is 1.58. The molecule has 2 aromatic rings. The van der Waals surface area contributed by atoms with Gasteiger partial charge in [-0.2, -0.15) is 26.3 Å². The molecule has 0 amide bonds. The Morgan fingerprint density at radius 3 is 2.10 bits per heavy atom. The molecule has 2 rings (SSSR count). The van der Waals surface area contributed by atoms with Gasteiger partial charge in [0.2, 0.25) is 0 Å². The van der Waals surface area contributed by atoms with Crippen LogP contribution in [0, 0.1) is 6.92 Å². The fourth-order valence-electron chi connectivity index (χ4n) is 1.71. The molecule has 0 unspecified atom stereocenters. The maximum Gasteiger partial charge on any atom is 0.417 e. The van der Waals surface area contributed by atoms with E-state index in [4.69, 9.17) is 0 Å². The number of nitrogens with zero attached hydrogens (tertiary/aromatic N) is 1. The average molecular weight is 294 g/mol. The molecule has 0 saturated carbocycles. The lowest BCUT2D eigenvalue weighted by Crippen LogP contribution is -2.12. The number of imidazole rings is 1. The van der Waals surface area contributed by atoms with Gasteiger partial charge in [-0.15, -0.1) is 0 Å². The second kappa shape index (κ2) is 4.53. The fraction of sp³-hybridized carbons (Fsp3) is 0.250. The summed E-state index contributed by atoms with van der Waals surface area (Å²) < 4.78 is 76.2. The first-order valence-corrected chi connectivity index (χ1v) is 5.39. The Hall–Kier alpha value is -1.99. The van der Waals surface area contributed by atoms with Crippen LogP contribution in [0.2, 0.25) is 0 Å². The van der Waals surface area contributed by atoms with E-state index in [0.29, 0.717) is 11.8 Å². The van der Waals surface area contributed by atoms with Gasteiger partial charge in [0.15, 0.2) is 0 Å². The lowest BCUT2D eigenvalue weighted by Gasteiger charge is -2.14. The van der Waals surface area contributed by atoms with Crippen molar-refractivity contribution in [1.29, 1.82) is 0 Å². The van der Waals surface area contributed by atoms with E-state index in [1.165, 1.54) is 6.20 Å². The minimum absolute atomic E-state index is 0.0905. The van der Waals surface area contributed by atoms with Gasteiger partial charge in [0.1, 0.15) is 5.82 Å². The third kappa shape index (κ3) is 2.78. The van der Waals surface area contributed by atoms with Gasteiger partial charge in [0.25, 0.3) is 0 Å². The van der Waals surface area contributed by atoms with Crippen molar-refractivity contribution in [3.05, 3.63) is 41.2 Å². The van der Waals surface area contributed by atoms with Gasteiger partial charge in [0, 0.05) is 17.5 Å². The molecule has 2 nitrogen and oxygen atoms in total. The number of aromatic amines is 1. The van der Waals surface area contributed by atoms with E-state index in [-0.39, 0.29) is 11.9 Å². The highest BCUT2D eigenvalue weighted by Crippen LogP contribution is 2.40. The first-order valence-electron chi connectivity index (χ1n) is 5.39. The van der Waals surface area contributed by atoms with E-state index in [2.05, 4.69) is 9.97 Å². The number of H-pyrrole nitrogens is 1. The van der Waals surface area contributed by atoms with Crippen LogP contribution in [0.4, 0.5) is 26.3 Å². The second-order valence-corrected chi connectivity index (χ2v) is 4.17. The number of aromatic nitrogens is 2. The van der Waals surface area contributed by atoms with Gasteiger partial charge < -0.3 is 4.98 Å². The molecule has 0 aliphatic heterocycles. The van der Waals surface area contributed by atoms with Crippen LogP contribution in [0.3, 0.4) is 0 Å². The number of hydrogen-bond donors (Lipinski definition) is 1. The van der Waals surface area contributed by atoms with Crippen LogP contribution in [-0.2, 0) is 12.4 Å². The molecule has 0 aliphatic carbocycles. The van der Waals surface area contributed by atoms with Crippen LogP contribution >= 0.6 is 0 Å². The highest BCUT2D eigenvalue weighted by molar-refractivity contribution is 5.62. The topological polar surface area (TPSA) is 28.7 Å². The molecule has 0 fully saturated rings. The van der Waals surface area contributed by atoms with Crippen molar-refractivity contribution in [2.75, 3.05) is 0 Å². The third-order valence-corrected chi connectivity index (χ3v) is 2.61. The zero-order chi connectivity index (χ0) is 15.1. The number of alkyl halides is 6. The number of nitrogens with one attached hydrogen (secondary N) is 1. The molecular weight excluding hydrogens is 286 g/mol. The third-order valence-electron chi connectivity index (χ3n) is 2.61. The molecule has 0 bridgehead atoms. The number of rotatable bonds is 1. The van der Waals surface area contributed by atoms with Crippen LogP contribution in [0.25, 0.3) is 11.4 Å². The highest BCUT2D eigenvalue weighted by atomic mass is 19.4. The minimum atomic E-state index is -4.91. The van der Waals surface area contributed by atoms with Crippen molar-refractivity contribution in [2.45, 2.75) is 19.3 Å². The van der Waals surface area contributed by atoms with Crippen LogP contribution in [0.5, 0.6) is 0 Å². The average Bonchev–Trinajstić information content (AvgIpc) is 2.72. The summed E-state index contributed by atoms with van der Waals surface area (Å²) in [5.41, 5.74) is -2.63. The van der Waals surface area contributed by atoms with Gasteiger partial charge in [-0.05, 0) is 19.1 Å². The quantitative estimate of drug-likeness (QED) is 0.775. The van der Waals surface area contributed by atoms with Crippen LogP contribution in [0.1, 0.15) is 16.8 Å². The summed E-state index contributed by atoms with van der Waals surface area (Å²) in [4.78, 5) is 6.29. The summed E-state index contributed by atoms with van der Waals surface area (Å²) in [7, 11) is 0. The Kier molecular flexibility index (Phi) is 3.27. The van der Waals surface area contributed by atoms with E-state index in [9.17, 15) is 26.3 Å². The maximum absolute atomic E-state index is 12.9. The van der Waals surface area contributed by atoms with Crippen molar-refractivity contribution in [3.63, 3.8) is 0 Å². The summed E-state index contributed by atoms with van der Waals surface area (Å²) in [6, 6.07) is 1.46. The fourth-order valence-corrected chi connectivity index (χ4v) is 1.71. The van der Waals surface area contributed by atoms with Crippen molar-refractivity contribution >= 4 is 0 Å². The van der Waals surface area contributed by atoms with Crippen LogP contribution < -0.4 is 0 Å². The van der Waals surface area contributed by atoms with Crippen molar-refractivity contribution in [3.8, 4) is 11.4 Å². The SMILES string of the molecule is Cc1cnc(-c2ccc(C(F)(F)F)cc2C(F)(F)F)[nH]1. The monoisotopic (exact) mass is 294 g/mol.